The fourth-order valence-electron chi connectivity index (χ4n) is 6.02. The van der Waals surface area contributed by atoms with Gasteiger partial charge in [0.1, 0.15) is 5.71 Å². The van der Waals surface area contributed by atoms with Crippen molar-refractivity contribution in [3.05, 3.63) is 105 Å². The number of aromatic nitrogens is 1. The van der Waals surface area contributed by atoms with E-state index in [1.165, 1.54) is 12.1 Å². The third-order valence-corrected chi connectivity index (χ3v) is 9.04. The third kappa shape index (κ3) is 4.69. The number of halogens is 3. The maximum Gasteiger partial charge on any atom is 0.492 e. The Labute approximate surface area is 253 Å². The SMILES string of the molecule is CCC1(CC)OB(O)c2cc(CNC(=O)c3ccc(C4=NOC(C)(c5cc(Cl)c(F)c(Cl)c5)C4)n4cccc34)ccc21. The lowest BCUT2D eigenvalue weighted by molar-refractivity contribution is -0.00742. The lowest BCUT2D eigenvalue weighted by Gasteiger charge is -2.28. The fraction of sp³-hybridized carbons (Fsp3) is 0.290. The highest BCUT2D eigenvalue weighted by Gasteiger charge is 2.44. The van der Waals surface area contributed by atoms with Crippen molar-refractivity contribution in [2.75, 3.05) is 0 Å². The molecule has 7 nitrogen and oxygen atoms in total. The Kier molecular flexibility index (Phi) is 7.34. The topological polar surface area (TPSA) is 84.6 Å². The summed E-state index contributed by atoms with van der Waals surface area (Å²) >= 11 is 12.1. The van der Waals surface area contributed by atoms with E-state index in [1.807, 2.05) is 53.9 Å². The van der Waals surface area contributed by atoms with Gasteiger partial charge in [0.2, 0.25) is 0 Å². The summed E-state index contributed by atoms with van der Waals surface area (Å²) in [6, 6.07) is 16.2. The summed E-state index contributed by atoms with van der Waals surface area (Å²) in [6.45, 7) is 6.23. The van der Waals surface area contributed by atoms with Gasteiger partial charge in [0, 0.05) is 24.7 Å². The number of nitrogens with zero attached hydrogens (tertiary/aromatic N) is 2. The van der Waals surface area contributed by atoms with Crippen LogP contribution in [0.5, 0.6) is 0 Å². The number of nitrogens with one attached hydrogen (secondary N) is 1. The minimum Gasteiger partial charge on any atom is -0.423 e. The molecule has 1 amide bonds. The summed E-state index contributed by atoms with van der Waals surface area (Å²) < 4.78 is 21.8. The van der Waals surface area contributed by atoms with Crippen LogP contribution in [-0.4, -0.2) is 28.2 Å². The molecule has 4 aromatic rings. The number of pyridine rings is 1. The second-order valence-electron chi connectivity index (χ2n) is 11.0. The fourth-order valence-corrected chi connectivity index (χ4v) is 6.50. The van der Waals surface area contributed by atoms with Crippen LogP contribution in [0.25, 0.3) is 5.52 Å². The number of hydrogen-bond donors (Lipinski definition) is 2. The van der Waals surface area contributed by atoms with Crippen molar-refractivity contribution < 1.29 is 23.7 Å². The number of carbonyl (C=O) groups excluding carboxylic acids is 1. The standard InChI is InChI=1S/C31H29BCl2FN3O4/c1-4-31(5-2)21-10-8-18(13-22(21)32(40)41-31)17-36-29(39)20-9-11-27(38-12-6-7-26(20)38)25-16-30(3,42-37-25)19-14-23(33)28(35)24(34)15-19/h6-15,40H,4-5,16-17H2,1-3H3,(H,36,39). The Hall–Kier alpha value is -3.37. The van der Waals surface area contributed by atoms with E-state index in [1.54, 1.807) is 6.07 Å². The third-order valence-electron chi connectivity index (χ3n) is 8.49. The van der Waals surface area contributed by atoms with E-state index >= 15 is 0 Å². The Morgan fingerprint density at radius 3 is 2.60 bits per heavy atom. The predicted octanol–water partition coefficient (Wildman–Crippen LogP) is 6.09. The predicted molar refractivity (Wildman–Crippen MR) is 162 cm³/mol. The van der Waals surface area contributed by atoms with Crippen molar-refractivity contribution in [1.29, 1.82) is 0 Å². The van der Waals surface area contributed by atoms with Crippen LogP contribution < -0.4 is 10.8 Å². The zero-order chi connectivity index (χ0) is 29.8. The van der Waals surface area contributed by atoms with Gasteiger partial charge in [-0.15, -0.1) is 0 Å². The largest absolute Gasteiger partial charge is 0.492 e. The quantitative estimate of drug-likeness (QED) is 0.197. The van der Waals surface area contributed by atoms with Gasteiger partial charge in [0.25, 0.3) is 5.91 Å². The van der Waals surface area contributed by atoms with Gasteiger partial charge in [0.05, 0.1) is 32.4 Å². The molecule has 42 heavy (non-hydrogen) atoms. The summed E-state index contributed by atoms with van der Waals surface area (Å²) in [7, 11) is -0.982. The summed E-state index contributed by atoms with van der Waals surface area (Å²) in [5.74, 6) is -0.908. The normalized spacial score (nSPS) is 19.1. The molecule has 11 heteroatoms. The Bertz CT molecular complexity index is 1730. The molecular weight excluding hydrogens is 579 g/mol. The van der Waals surface area contributed by atoms with Gasteiger partial charge in [-0.2, -0.15) is 0 Å². The van der Waals surface area contributed by atoms with E-state index in [0.717, 1.165) is 35.1 Å². The van der Waals surface area contributed by atoms with E-state index in [-0.39, 0.29) is 16.0 Å². The highest BCUT2D eigenvalue weighted by molar-refractivity contribution is 6.62. The van der Waals surface area contributed by atoms with Gasteiger partial charge in [-0.1, -0.05) is 60.4 Å². The monoisotopic (exact) mass is 607 g/mol. The van der Waals surface area contributed by atoms with Crippen LogP contribution in [0, 0.1) is 5.82 Å². The van der Waals surface area contributed by atoms with Crippen molar-refractivity contribution in [3.63, 3.8) is 0 Å². The lowest BCUT2D eigenvalue weighted by atomic mass is 9.76. The van der Waals surface area contributed by atoms with Crippen molar-refractivity contribution in [2.24, 2.45) is 5.16 Å². The van der Waals surface area contributed by atoms with Crippen LogP contribution in [0.2, 0.25) is 10.0 Å². The Morgan fingerprint density at radius 2 is 1.88 bits per heavy atom. The Balaban J connectivity index is 1.20. The van der Waals surface area contributed by atoms with Gasteiger partial charge >= 0.3 is 7.12 Å². The van der Waals surface area contributed by atoms with Crippen molar-refractivity contribution >= 4 is 52.9 Å². The molecule has 2 aliphatic rings. The van der Waals surface area contributed by atoms with E-state index in [9.17, 15) is 14.2 Å². The van der Waals surface area contributed by atoms with Gasteiger partial charge in [0.15, 0.2) is 11.4 Å². The highest BCUT2D eigenvalue weighted by atomic mass is 35.5. The summed E-state index contributed by atoms with van der Waals surface area (Å²) in [4.78, 5) is 19.2. The average molecular weight is 608 g/mol. The number of rotatable bonds is 7. The van der Waals surface area contributed by atoms with Crippen LogP contribution in [0.4, 0.5) is 4.39 Å². The van der Waals surface area contributed by atoms with Crippen LogP contribution >= 0.6 is 23.2 Å². The van der Waals surface area contributed by atoms with Gasteiger partial charge in [-0.3, -0.25) is 4.79 Å². The minimum atomic E-state index is -0.982. The zero-order valence-corrected chi connectivity index (χ0v) is 24.9. The summed E-state index contributed by atoms with van der Waals surface area (Å²) in [5, 5.41) is 17.7. The van der Waals surface area contributed by atoms with Crippen LogP contribution in [0.3, 0.4) is 0 Å². The molecule has 1 atom stereocenters. The zero-order valence-electron chi connectivity index (χ0n) is 23.4. The molecule has 2 aromatic heterocycles. The lowest BCUT2D eigenvalue weighted by Crippen LogP contribution is -2.30. The molecule has 216 valence electrons. The maximum absolute atomic E-state index is 14.0. The second-order valence-corrected chi connectivity index (χ2v) is 11.8. The molecule has 1 unspecified atom stereocenters. The van der Waals surface area contributed by atoms with E-state index < -0.39 is 24.1 Å². The molecule has 2 aromatic carbocycles. The molecular formula is C31H29BCl2FN3O4. The molecule has 0 fully saturated rings. The first-order valence-corrected chi connectivity index (χ1v) is 14.6. The first-order chi connectivity index (χ1) is 20.1. The van der Waals surface area contributed by atoms with Crippen LogP contribution in [-0.2, 0) is 27.2 Å². The van der Waals surface area contributed by atoms with Crippen molar-refractivity contribution in [1.82, 2.24) is 9.72 Å². The van der Waals surface area contributed by atoms with Crippen molar-refractivity contribution in [2.45, 2.75) is 57.8 Å². The van der Waals surface area contributed by atoms with Crippen LogP contribution in [0.15, 0.2) is 65.9 Å². The average Bonchev–Trinajstić information content (AvgIpc) is 3.71. The Morgan fingerprint density at radius 1 is 1.14 bits per heavy atom. The molecule has 6 rings (SSSR count). The second kappa shape index (κ2) is 10.7. The summed E-state index contributed by atoms with van der Waals surface area (Å²) in [5.41, 5.74) is 4.49. The number of amides is 1. The molecule has 0 radical (unpaired) electrons. The smallest absolute Gasteiger partial charge is 0.423 e. The van der Waals surface area contributed by atoms with Crippen LogP contribution in [0.1, 0.15) is 72.8 Å². The maximum atomic E-state index is 14.0. The van der Waals surface area contributed by atoms with E-state index in [0.29, 0.717) is 35.3 Å². The van der Waals surface area contributed by atoms with Gasteiger partial charge in [-0.05, 0) is 72.8 Å². The van der Waals surface area contributed by atoms with Crippen molar-refractivity contribution in [3.8, 4) is 0 Å². The molecule has 0 aliphatic carbocycles. The van der Waals surface area contributed by atoms with Gasteiger partial charge in [-0.25, -0.2) is 4.39 Å². The molecule has 2 N–H and O–H groups in total. The highest BCUT2D eigenvalue weighted by Crippen LogP contribution is 2.40. The number of fused-ring (bicyclic) bond motifs is 2. The molecule has 0 saturated carbocycles. The number of carbonyl (C=O) groups is 1. The van der Waals surface area contributed by atoms with Gasteiger partial charge < -0.3 is 24.2 Å². The number of hydrogen-bond acceptors (Lipinski definition) is 5. The number of benzene rings is 2. The van der Waals surface area contributed by atoms with E-state index in [4.69, 9.17) is 32.7 Å². The minimum absolute atomic E-state index is 0.0848. The molecule has 4 heterocycles. The number of oxime groups is 1. The molecule has 0 spiro atoms. The molecule has 2 aliphatic heterocycles. The first-order valence-electron chi connectivity index (χ1n) is 13.9. The molecule has 0 bridgehead atoms. The summed E-state index contributed by atoms with van der Waals surface area (Å²) in [6.07, 6.45) is 3.77. The van der Waals surface area contributed by atoms with E-state index in [2.05, 4.69) is 24.3 Å². The first kappa shape index (κ1) is 28.7. The molecule has 0 saturated heterocycles.